The van der Waals surface area contributed by atoms with Crippen molar-refractivity contribution in [1.29, 1.82) is 0 Å². The molecule has 0 saturated heterocycles. The second kappa shape index (κ2) is 51.4. The molecule has 0 aromatic heterocycles. The van der Waals surface area contributed by atoms with E-state index in [-0.39, 0.29) is 85.2 Å². The summed E-state index contributed by atoms with van der Waals surface area (Å²) >= 11 is 27.6. The van der Waals surface area contributed by atoms with Crippen LogP contribution in [0.1, 0.15) is 254 Å². The van der Waals surface area contributed by atoms with Crippen LogP contribution in [0.2, 0.25) is 0 Å². The summed E-state index contributed by atoms with van der Waals surface area (Å²) in [5, 5.41) is 0. The number of rotatable bonds is 30. The fourth-order valence-electron chi connectivity index (χ4n) is 16.8. The molecule has 3 aliphatic rings. The Morgan fingerprint density at radius 2 is 0.643 bits per heavy atom. The van der Waals surface area contributed by atoms with Gasteiger partial charge in [0.25, 0.3) is 0 Å². The lowest BCUT2D eigenvalue weighted by molar-refractivity contribution is -0.167. The summed E-state index contributed by atoms with van der Waals surface area (Å²) in [6.07, 6.45) is -0.0921. The summed E-state index contributed by atoms with van der Waals surface area (Å²) in [6.45, 7) is 10.8. The van der Waals surface area contributed by atoms with E-state index in [0.29, 0.717) is 39.4 Å². The largest absolute Gasteiger partial charge is 0.460 e. The van der Waals surface area contributed by atoms with Crippen LogP contribution in [-0.4, -0.2) is 84.6 Å². The topological polar surface area (TPSA) is 160 Å². The standard InChI is InChI=1S/C29H39NO4S.C25H21F6NS.C17H19F6NS.C17H25NS.C15H21NS/c1-28(2,3)33-25(31)18-22(27(32)34-29(4,5)6)17-23(35)19-24(20-13-9-7-10-14-20)26(30)21-15-11-8-12-16-21;26-24(27,28)19-11-16(12-20(14-19)25(29,30)31)13-21(33)15-22(17-7-3-1-4-8-17)23(32)18-9-5-2-6-10-18;18-16(19,20)12-5-10(6-13(9-12)17(21,22)23)7-14(25)8-11-3-1-2-4-15(11)24;1-18(2)17-11-7-6-10-15(17)13-16(19)12-14-8-4-3-5-9-14;16-15-9-5-4-8-13(15)11-14(17)10-12-6-2-1-3-7-12/h7-16,22,24,26H,17-19,30H2,1-6H3;1-12,14,22-23H,13,15,32H2;5-6,9,11,15H,1-4,7-8,24H2;3-5,8-9,15,17H,6-7,10-13H2,1-2H3;1-3,6-7,13,15H,4-5,8-11,16H2/t22-,24-,26-;22-,23-;11-,15+;15-,17+;13-,15+/m00111/s1. The Morgan fingerprint density at radius 3 is 0.969 bits per heavy atom. The van der Waals surface area contributed by atoms with Crippen molar-refractivity contribution >= 4 is 97.4 Å². The Balaban J connectivity index is 0.000000226. The van der Waals surface area contributed by atoms with Gasteiger partial charge in [-0.05, 0) is 256 Å². The number of carbonyl (C=O) groups excluding carboxylic acids is 2. The Hall–Kier alpha value is -7.89. The number of thiocarbonyl (C=S) groups is 5. The predicted molar refractivity (Wildman–Crippen MR) is 515 cm³/mol. The van der Waals surface area contributed by atoms with E-state index < -0.39 is 82.1 Å². The van der Waals surface area contributed by atoms with Crippen LogP contribution in [-0.2, 0) is 69.5 Å². The first-order valence-corrected chi connectivity index (χ1v) is 46.2. The number of hydrogen-bond donors (Lipinski definition) is 4. The van der Waals surface area contributed by atoms with Gasteiger partial charge in [-0.1, -0.05) is 282 Å². The molecule has 26 heteroatoms. The van der Waals surface area contributed by atoms with Crippen molar-refractivity contribution in [2.24, 2.45) is 46.6 Å². The maximum Gasteiger partial charge on any atom is 0.416 e. The average molecular weight is 1890 g/mol. The normalized spacial score (nSPS) is 18.5. The molecule has 3 saturated carbocycles. The van der Waals surface area contributed by atoms with Crippen molar-refractivity contribution in [1.82, 2.24) is 4.90 Å². The summed E-state index contributed by atoms with van der Waals surface area (Å²) in [7, 11) is 4.42. The van der Waals surface area contributed by atoms with Gasteiger partial charge in [0, 0.05) is 67.7 Å². The highest BCUT2D eigenvalue weighted by Gasteiger charge is 2.40. The van der Waals surface area contributed by atoms with E-state index in [2.05, 4.69) is 73.6 Å². The van der Waals surface area contributed by atoms with Crippen molar-refractivity contribution < 1.29 is 71.7 Å². The molecule has 8 aromatic carbocycles. The lowest BCUT2D eigenvalue weighted by Gasteiger charge is -2.36. The number of nitrogens with two attached hydrogens (primary N) is 4. The van der Waals surface area contributed by atoms with Crippen LogP contribution in [0, 0.1) is 23.7 Å². The number of ether oxygens (including phenoxy) is 2. The minimum absolute atomic E-state index is 0.0149. The molecule has 0 spiro atoms. The Bertz CT molecular complexity index is 4740. The summed E-state index contributed by atoms with van der Waals surface area (Å²) < 4.78 is 167. The molecule has 8 N–H and O–H groups in total. The molecule has 0 unspecified atom stereocenters. The quantitative estimate of drug-likeness (QED) is 0.0191. The molecule has 0 bridgehead atoms. The molecule has 129 heavy (non-hydrogen) atoms. The molecule has 8 aromatic rings. The number of alkyl halides is 12. The Kier molecular flexibility index (Phi) is 43.1. The number of nitrogens with zero attached hydrogens (tertiary/aromatic N) is 1. The first-order valence-electron chi connectivity index (χ1n) is 44.1. The van der Waals surface area contributed by atoms with Gasteiger partial charge in [0.05, 0.1) is 34.6 Å². The van der Waals surface area contributed by atoms with Crippen LogP contribution in [0.3, 0.4) is 0 Å². The highest BCUT2D eigenvalue weighted by atomic mass is 32.1. The zero-order valence-electron chi connectivity index (χ0n) is 74.9. The minimum atomic E-state index is -4.90. The zero-order valence-corrected chi connectivity index (χ0v) is 78.9. The fraction of sp³-hybridized carbons (Fsp3) is 0.466. The molecule has 0 heterocycles. The van der Waals surface area contributed by atoms with Gasteiger partial charge in [-0.25, -0.2) is 0 Å². The number of carbonyl (C=O) groups is 2. The van der Waals surface area contributed by atoms with E-state index in [1.807, 2.05) is 127 Å². The molecule has 3 aliphatic carbocycles. The second-order valence-corrected chi connectivity index (χ2v) is 39.2. The first kappa shape index (κ1) is 108. The monoisotopic (exact) mass is 1880 g/mol. The summed E-state index contributed by atoms with van der Waals surface area (Å²) in [5.41, 5.74) is 25.1. The molecule has 700 valence electrons. The molecular weight excluding hydrogens is 1760 g/mol. The van der Waals surface area contributed by atoms with Crippen LogP contribution in [0.5, 0.6) is 0 Å². The van der Waals surface area contributed by atoms with Gasteiger partial charge in [-0.2, -0.15) is 52.7 Å². The van der Waals surface area contributed by atoms with Crippen LogP contribution in [0.25, 0.3) is 0 Å². The number of hydrogen-bond acceptors (Lipinski definition) is 14. The van der Waals surface area contributed by atoms with E-state index in [1.165, 1.54) is 72.2 Å². The Morgan fingerprint density at radius 1 is 0.357 bits per heavy atom. The summed E-state index contributed by atoms with van der Waals surface area (Å²) in [6, 6.07) is 63.1. The number of esters is 2. The van der Waals surface area contributed by atoms with Crippen molar-refractivity contribution in [2.75, 3.05) is 14.1 Å². The van der Waals surface area contributed by atoms with E-state index in [1.54, 1.807) is 41.5 Å². The highest BCUT2D eigenvalue weighted by Crippen LogP contribution is 2.42. The maximum absolute atomic E-state index is 13.2. The van der Waals surface area contributed by atoms with Crippen LogP contribution >= 0.6 is 61.1 Å². The average Bonchev–Trinajstić information content (AvgIpc) is 0.816. The van der Waals surface area contributed by atoms with Crippen molar-refractivity contribution in [3.05, 3.63) is 285 Å². The van der Waals surface area contributed by atoms with Crippen molar-refractivity contribution in [3.63, 3.8) is 0 Å². The van der Waals surface area contributed by atoms with E-state index in [4.69, 9.17) is 93.5 Å². The van der Waals surface area contributed by atoms with Crippen LogP contribution < -0.4 is 22.9 Å². The van der Waals surface area contributed by atoms with Gasteiger partial charge < -0.3 is 37.3 Å². The molecule has 0 amide bonds. The molecule has 11 rings (SSSR count). The lowest BCUT2D eigenvalue weighted by Crippen LogP contribution is -2.38. The fourth-order valence-corrected chi connectivity index (χ4v) is 18.6. The van der Waals surface area contributed by atoms with Gasteiger partial charge in [-0.15, -0.1) is 0 Å². The van der Waals surface area contributed by atoms with Gasteiger partial charge in [0.1, 0.15) is 11.2 Å². The smallest absolute Gasteiger partial charge is 0.416 e. The summed E-state index contributed by atoms with van der Waals surface area (Å²) in [5.74, 6) is -0.456. The van der Waals surface area contributed by atoms with Gasteiger partial charge >= 0.3 is 36.6 Å². The van der Waals surface area contributed by atoms with Crippen LogP contribution in [0.4, 0.5) is 52.7 Å². The van der Waals surface area contributed by atoms with E-state index in [9.17, 15) is 62.3 Å². The molecule has 0 radical (unpaired) electrons. The number of benzene rings is 8. The molecular formula is C103H125F12N5O4S5. The highest BCUT2D eigenvalue weighted by molar-refractivity contribution is 7.81. The number of halogens is 12. The third kappa shape index (κ3) is 39.1. The zero-order chi connectivity index (χ0) is 95.0. The summed E-state index contributed by atoms with van der Waals surface area (Å²) in [4.78, 5) is 31.8. The molecule has 0 aliphatic heterocycles. The minimum Gasteiger partial charge on any atom is -0.460 e. The third-order valence-corrected chi connectivity index (χ3v) is 24.7. The molecule has 11 atom stereocenters. The van der Waals surface area contributed by atoms with E-state index >= 15 is 0 Å². The first-order chi connectivity index (χ1) is 60.6. The van der Waals surface area contributed by atoms with Crippen molar-refractivity contribution in [2.45, 2.75) is 267 Å². The molecule has 9 nitrogen and oxygen atoms in total. The van der Waals surface area contributed by atoms with Crippen molar-refractivity contribution in [3.8, 4) is 0 Å². The maximum atomic E-state index is 13.2. The van der Waals surface area contributed by atoms with Gasteiger partial charge in [0.15, 0.2) is 0 Å². The second-order valence-electron chi connectivity index (χ2n) is 36.3. The van der Waals surface area contributed by atoms with Crippen LogP contribution in [0.15, 0.2) is 218 Å². The van der Waals surface area contributed by atoms with E-state index in [0.717, 1.165) is 110 Å². The SMILES string of the molecule is CC(C)(C)OC(=O)C[C@H](CC(=S)C[C@@H](c1ccccc1)[C@@H](N)c1ccccc1)C(=O)OC(C)(C)C.CN(C)[C@H]1CCCC[C@@H]1CC(=S)Cc1ccccc1.N[C@@H](c1ccccc1)[C@@H](CC(=S)Cc1cc(C(F)(F)F)cc(C(F)(F)F)c1)c1ccccc1.N[C@H]1CCCC[C@@H]1CC(=S)Cc1cc(C(F)(F)F)cc(C(F)(F)F)c1.N[C@H]1CCCC[C@@H]1CC(=S)Cc1ccccc1. The lowest BCUT2D eigenvalue weighted by atomic mass is 9.80. The Labute approximate surface area is 781 Å². The third-order valence-electron chi connectivity index (χ3n) is 23.2. The molecule has 3 fully saturated rings. The predicted octanol–water partition coefficient (Wildman–Crippen LogP) is 27.0. The van der Waals surface area contributed by atoms with Gasteiger partial charge in [0.2, 0.25) is 0 Å². The van der Waals surface area contributed by atoms with Gasteiger partial charge in [-0.3, -0.25) is 9.59 Å².